The van der Waals surface area contributed by atoms with E-state index in [1.54, 1.807) is 27.7 Å². The van der Waals surface area contributed by atoms with Crippen molar-refractivity contribution in [2.45, 2.75) is 72.5 Å². The molecule has 174 valence electrons. The molecule has 2 aromatic rings. The third-order valence-electron chi connectivity index (χ3n) is 5.15. The van der Waals surface area contributed by atoms with Crippen molar-refractivity contribution in [3.63, 3.8) is 0 Å². The molecule has 0 aliphatic heterocycles. The molecule has 0 bridgehead atoms. The summed E-state index contributed by atoms with van der Waals surface area (Å²) in [5, 5.41) is 1.35. The molecule has 4 nitrogen and oxygen atoms in total. The lowest BCUT2D eigenvalue weighted by Gasteiger charge is -2.27. The quantitative estimate of drug-likeness (QED) is 0.400. The van der Waals surface area contributed by atoms with Crippen LogP contribution in [0.5, 0.6) is 0 Å². The van der Waals surface area contributed by atoms with E-state index < -0.39 is 29.6 Å². The maximum Gasteiger partial charge on any atom is 0.309 e. The van der Waals surface area contributed by atoms with Gasteiger partial charge in [0.2, 0.25) is 0 Å². The van der Waals surface area contributed by atoms with E-state index in [1.165, 1.54) is 0 Å². The number of esters is 2. The first kappa shape index (κ1) is 26.2. The normalized spacial score (nSPS) is 13.6. The van der Waals surface area contributed by atoms with Crippen molar-refractivity contribution < 1.29 is 19.1 Å². The smallest absolute Gasteiger partial charge is 0.309 e. The Labute approximate surface area is 201 Å². The third kappa shape index (κ3) is 7.25. The van der Waals surface area contributed by atoms with E-state index in [0.29, 0.717) is 10.0 Å². The van der Waals surface area contributed by atoms with Gasteiger partial charge in [0, 0.05) is 16.0 Å². The average Bonchev–Trinajstić information content (AvgIpc) is 2.66. The van der Waals surface area contributed by atoms with Crippen molar-refractivity contribution in [3.05, 3.63) is 68.7 Å². The Bertz CT molecular complexity index is 927. The second-order valence-electron chi connectivity index (χ2n) is 9.33. The lowest BCUT2D eigenvalue weighted by atomic mass is 9.85. The number of rotatable bonds is 7. The van der Waals surface area contributed by atoms with Crippen LogP contribution in [0.25, 0.3) is 0 Å². The van der Waals surface area contributed by atoms with Crippen LogP contribution in [0.2, 0.25) is 10.0 Å². The Hall–Kier alpha value is -2.04. The molecular formula is C26H32Cl2O4. The molecule has 0 aliphatic carbocycles. The minimum atomic E-state index is -0.619. The van der Waals surface area contributed by atoms with E-state index in [-0.39, 0.29) is 12.3 Å². The summed E-state index contributed by atoms with van der Waals surface area (Å²) in [4.78, 5) is 24.9. The van der Waals surface area contributed by atoms with Gasteiger partial charge in [-0.25, -0.2) is 0 Å². The largest absolute Gasteiger partial charge is 0.461 e. The molecular weight excluding hydrogens is 447 g/mol. The van der Waals surface area contributed by atoms with Gasteiger partial charge in [0.1, 0.15) is 11.7 Å². The van der Waals surface area contributed by atoms with Crippen molar-refractivity contribution in [1.82, 2.24) is 0 Å². The number of ether oxygens (including phenoxy) is 2. The first-order valence-corrected chi connectivity index (χ1v) is 11.5. The lowest BCUT2D eigenvalue weighted by molar-refractivity contribution is -0.163. The van der Waals surface area contributed by atoms with Gasteiger partial charge in [0.25, 0.3) is 0 Å². The van der Waals surface area contributed by atoms with Gasteiger partial charge >= 0.3 is 11.9 Å². The van der Waals surface area contributed by atoms with Crippen LogP contribution in [0.15, 0.2) is 36.4 Å². The summed E-state index contributed by atoms with van der Waals surface area (Å²) in [5.41, 5.74) is 3.24. The van der Waals surface area contributed by atoms with E-state index in [4.69, 9.17) is 32.7 Å². The summed E-state index contributed by atoms with van der Waals surface area (Å²) in [5.74, 6) is -1.70. The van der Waals surface area contributed by atoms with Crippen LogP contribution in [-0.2, 0) is 19.1 Å². The third-order valence-corrected chi connectivity index (χ3v) is 6.00. The van der Waals surface area contributed by atoms with E-state index in [0.717, 1.165) is 22.3 Å². The summed E-state index contributed by atoms with van der Waals surface area (Å²) in [6, 6.07) is 11.6. The van der Waals surface area contributed by atoms with Crippen LogP contribution in [-0.4, -0.2) is 23.6 Å². The highest BCUT2D eigenvalue weighted by molar-refractivity contribution is 6.31. The minimum Gasteiger partial charge on any atom is -0.461 e. The van der Waals surface area contributed by atoms with Crippen molar-refractivity contribution >= 4 is 35.1 Å². The van der Waals surface area contributed by atoms with Gasteiger partial charge in [-0.1, -0.05) is 54.4 Å². The summed E-state index contributed by atoms with van der Waals surface area (Å²) in [6.45, 7) is 12.8. The van der Waals surface area contributed by atoms with Gasteiger partial charge in [0.05, 0.1) is 12.3 Å². The van der Waals surface area contributed by atoms with E-state index in [9.17, 15) is 9.59 Å². The van der Waals surface area contributed by atoms with Gasteiger partial charge in [0.15, 0.2) is 0 Å². The molecule has 32 heavy (non-hydrogen) atoms. The van der Waals surface area contributed by atoms with Gasteiger partial charge in [-0.2, -0.15) is 0 Å². The zero-order chi connectivity index (χ0) is 24.2. The van der Waals surface area contributed by atoms with Crippen molar-refractivity contribution in [2.75, 3.05) is 0 Å². The highest BCUT2D eigenvalue weighted by atomic mass is 35.5. The summed E-state index contributed by atoms with van der Waals surface area (Å²) >= 11 is 12.5. The standard InChI is InChI=1S/C26H32Cl2O4/c1-15-12-19(8-10-21(15)27)24(20-9-11-22(28)16(2)13-20)18(4)31-25(30)17(3)14-23(29)32-26(5,6)7/h8-13,17-18,24H,14H2,1-7H3/t17-,18+/m1/s1. The molecule has 2 aromatic carbocycles. The van der Waals surface area contributed by atoms with Gasteiger partial charge in [-0.05, 0) is 75.9 Å². The highest BCUT2D eigenvalue weighted by Crippen LogP contribution is 2.34. The zero-order valence-corrected chi connectivity index (χ0v) is 21.3. The predicted octanol–water partition coefficient (Wildman–Crippen LogP) is 7.04. The number of benzene rings is 2. The van der Waals surface area contributed by atoms with E-state index >= 15 is 0 Å². The van der Waals surface area contributed by atoms with Crippen LogP contribution in [0.3, 0.4) is 0 Å². The Morgan fingerprint density at radius 2 is 1.38 bits per heavy atom. The predicted molar refractivity (Wildman–Crippen MR) is 129 cm³/mol. The molecule has 0 saturated heterocycles. The molecule has 0 spiro atoms. The number of carbonyl (C=O) groups excluding carboxylic acids is 2. The second-order valence-corrected chi connectivity index (χ2v) is 10.1. The van der Waals surface area contributed by atoms with Crippen LogP contribution >= 0.6 is 23.2 Å². The number of hydrogen-bond acceptors (Lipinski definition) is 4. The molecule has 0 saturated carbocycles. The molecule has 0 amide bonds. The van der Waals surface area contributed by atoms with Gasteiger partial charge < -0.3 is 9.47 Å². The monoisotopic (exact) mass is 478 g/mol. The van der Waals surface area contributed by atoms with Gasteiger partial charge in [-0.3, -0.25) is 9.59 Å². The van der Waals surface area contributed by atoms with Crippen molar-refractivity contribution in [1.29, 1.82) is 0 Å². The Kier molecular flexibility index (Phi) is 8.78. The topological polar surface area (TPSA) is 52.6 Å². The number of halogens is 2. The fourth-order valence-corrected chi connectivity index (χ4v) is 3.78. The number of aryl methyl sites for hydroxylation is 2. The Morgan fingerprint density at radius 3 is 1.78 bits per heavy atom. The molecule has 0 radical (unpaired) electrons. The first-order chi connectivity index (χ1) is 14.8. The van der Waals surface area contributed by atoms with Crippen LogP contribution in [0.1, 0.15) is 69.2 Å². The fraction of sp³-hybridized carbons (Fsp3) is 0.462. The Balaban J connectivity index is 2.27. The lowest BCUT2D eigenvalue weighted by Crippen LogP contribution is -2.30. The molecule has 6 heteroatoms. The van der Waals surface area contributed by atoms with Crippen molar-refractivity contribution in [2.24, 2.45) is 5.92 Å². The van der Waals surface area contributed by atoms with E-state index in [1.807, 2.05) is 57.2 Å². The zero-order valence-electron chi connectivity index (χ0n) is 19.8. The molecule has 0 aliphatic rings. The molecule has 2 atom stereocenters. The first-order valence-electron chi connectivity index (χ1n) is 10.7. The molecule has 0 aromatic heterocycles. The molecule has 0 unspecified atom stereocenters. The fourth-order valence-electron chi connectivity index (χ4n) is 3.54. The minimum absolute atomic E-state index is 0.0341. The van der Waals surface area contributed by atoms with E-state index in [2.05, 4.69) is 0 Å². The summed E-state index contributed by atoms with van der Waals surface area (Å²) in [7, 11) is 0. The SMILES string of the molecule is Cc1cc(C(c2ccc(Cl)c(C)c2)[C@H](C)OC(=O)[C@H](C)CC(=O)OC(C)(C)C)ccc1Cl. The maximum absolute atomic E-state index is 12.8. The van der Waals surface area contributed by atoms with Crippen LogP contribution in [0.4, 0.5) is 0 Å². The Morgan fingerprint density at radius 1 is 0.906 bits per heavy atom. The average molecular weight is 479 g/mol. The highest BCUT2D eigenvalue weighted by Gasteiger charge is 2.29. The maximum atomic E-state index is 12.8. The molecule has 0 N–H and O–H groups in total. The summed E-state index contributed by atoms with van der Waals surface area (Å²) < 4.78 is 11.2. The van der Waals surface area contributed by atoms with Crippen LogP contribution < -0.4 is 0 Å². The second kappa shape index (κ2) is 10.7. The van der Waals surface area contributed by atoms with Gasteiger partial charge in [-0.15, -0.1) is 0 Å². The number of hydrogen-bond donors (Lipinski definition) is 0. The summed E-state index contributed by atoms with van der Waals surface area (Å²) in [6.07, 6.45) is -0.516. The van der Waals surface area contributed by atoms with Crippen molar-refractivity contribution in [3.8, 4) is 0 Å². The molecule has 2 rings (SSSR count). The number of carbonyl (C=O) groups is 2. The molecule has 0 heterocycles. The van der Waals surface area contributed by atoms with Crippen LogP contribution in [0, 0.1) is 19.8 Å². The molecule has 0 fully saturated rings.